The highest BCUT2D eigenvalue weighted by atomic mass is 16.5. The number of nitrogens with zero attached hydrogens (tertiary/aromatic N) is 2. The number of hydrogen-bond acceptors (Lipinski definition) is 4. The largest absolute Gasteiger partial charge is 0.490 e. The van der Waals surface area contributed by atoms with Crippen molar-refractivity contribution in [2.75, 3.05) is 18.5 Å². The zero-order chi connectivity index (χ0) is 15.4. The minimum absolute atomic E-state index is 0.230. The van der Waals surface area contributed by atoms with Gasteiger partial charge in [-0.1, -0.05) is 24.3 Å². The average Bonchev–Trinajstić information content (AvgIpc) is 2.94. The highest BCUT2D eigenvalue weighted by molar-refractivity contribution is 5.85. The summed E-state index contributed by atoms with van der Waals surface area (Å²) in [6, 6.07) is 15.6. The van der Waals surface area contributed by atoms with Crippen LogP contribution in [0.15, 0.2) is 54.7 Å². The fourth-order valence-electron chi connectivity index (χ4n) is 2.31. The topological polar surface area (TPSA) is 59.3 Å². The van der Waals surface area contributed by atoms with Crippen LogP contribution in [0.5, 0.6) is 5.75 Å². The highest BCUT2D eigenvalue weighted by Crippen LogP contribution is 2.24. The monoisotopic (exact) mass is 297 g/mol. The van der Waals surface area contributed by atoms with E-state index in [2.05, 4.69) is 10.4 Å². The van der Waals surface area contributed by atoms with Gasteiger partial charge in [-0.25, -0.2) is 0 Å². The SMILES string of the molecule is Cn1ncc2c(OCC(O)CNc3ccccc3)cccc21. The molecule has 5 nitrogen and oxygen atoms in total. The van der Waals surface area contributed by atoms with Crippen LogP contribution in [0, 0.1) is 0 Å². The molecule has 2 aromatic carbocycles. The Morgan fingerprint density at radius 3 is 2.82 bits per heavy atom. The number of aliphatic hydroxyl groups is 1. The van der Waals surface area contributed by atoms with Crippen molar-refractivity contribution in [2.24, 2.45) is 7.05 Å². The third-order valence-electron chi connectivity index (χ3n) is 3.50. The van der Waals surface area contributed by atoms with E-state index in [1.165, 1.54) is 0 Å². The summed E-state index contributed by atoms with van der Waals surface area (Å²) in [6.45, 7) is 0.668. The molecule has 0 saturated carbocycles. The fourth-order valence-corrected chi connectivity index (χ4v) is 2.31. The van der Waals surface area contributed by atoms with Gasteiger partial charge in [-0.2, -0.15) is 5.10 Å². The highest BCUT2D eigenvalue weighted by Gasteiger charge is 2.09. The van der Waals surface area contributed by atoms with Gasteiger partial charge in [0.1, 0.15) is 18.5 Å². The maximum Gasteiger partial charge on any atom is 0.130 e. The van der Waals surface area contributed by atoms with Crippen molar-refractivity contribution < 1.29 is 9.84 Å². The van der Waals surface area contributed by atoms with Crippen molar-refractivity contribution in [1.82, 2.24) is 9.78 Å². The van der Waals surface area contributed by atoms with Gasteiger partial charge in [-0.15, -0.1) is 0 Å². The molecule has 0 aliphatic rings. The summed E-state index contributed by atoms with van der Waals surface area (Å²) in [4.78, 5) is 0. The number of ether oxygens (including phenoxy) is 1. The lowest BCUT2D eigenvalue weighted by atomic mass is 10.2. The molecule has 2 N–H and O–H groups in total. The lowest BCUT2D eigenvalue weighted by Crippen LogP contribution is -2.26. The molecule has 0 aliphatic heterocycles. The van der Waals surface area contributed by atoms with Gasteiger partial charge in [-0.3, -0.25) is 4.68 Å². The molecular formula is C17H19N3O2. The Hall–Kier alpha value is -2.53. The summed E-state index contributed by atoms with van der Waals surface area (Å²) in [5.41, 5.74) is 1.99. The lowest BCUT2D eigenvalue weighted by molar-refractivity contribution is 0.118. The lowest BCUT2D eigenvalue weighted by Gasteiger charge is -2.14. The van der Waals surface area contributed by atoms with Gasteiger partial charge >= 0.3 is 0 Å². The quantitative estimate of drug-likeness (QED) is 0.733. The molecule has 0 radical (unpaired) electrons. The Morgan fingerprint density at radius 2 is 2.00 bits per heavy atom. The van der Waals surface area contributed by atoms with Crippen LogP contribution in [0.1, 0.15) is 0 Å². The van der Waals surface area contributed by atoms with Gasteiger partial charge in [-0.05, 0) is 24.3 Å². The molecule has 5 heteroatoms. The van der Waals surface area contributed by atoms with Gasteiger partial charge in [0.05, 0.1) is 17.1 Å². The van der Waals surface area contributed by atoms with Crippen molar-refractivity contribution in [1.29, 1.82) is 0 Å². The summed E-state index contributed by atoms with van der Waals surface area (Å²) >= 11 is 0. The van der Waals surface area contributed by atoms with E-state index in [1.54, 1.807) is 10.9 Å². The van der Waals surface area contributed by atoms with Gasteiger partial charge in [0.25, 0.3) is 0 Å². The van der Waals surface area contributed by atoms with E-state index in [4.69, 9.17) is 4.74 Å². The summed E-state index contributed by atoms with van der Waals surface area (Å²) in [5, 5.41) is 18.4. The average molecular weight is 297 g/mol. The molecule has 22 heavy (non-hydrogen) atoms. The number of nitrogens with one attached hydrogen (secondary N) is 1. The van der Waals surface area contributed by atoms with E-state index >= 15 is 0 Å². The minimum Gasteiger partial charge on any atom is -0.490 e. The number of aromatic nitrogens is 2. The molecular weight excluding hydrogens is 278 g/mol. The Bertz CT molecular complexity index is 740. The van der Waals surface area contributed by atoms with Gasteiger partial charge in [0.15, 0.2) is 0 Å². The number of anilines is 1. The smallest absolute Gasteiger partial charge is 0.130 e. The predicted molar refractivity (Wildman–Crippen MR) is 87.1 cm³/mol. The fraction of sp³-hybridized carbons (Fsp3) is 0.235. The van der Waals surface area contributed by atoms with Crippen LogP contribution in [0.25, 0.3) is 10.9 Å². The van der Waals surface area contributed by atoms with E-state index in [0.29, 0.717) is 6.54 Å². The zero-order valence-corrected chi connectivity index (χ0v) is 12.4. The Morgan fingerprint density at radius 1 is 1.18 bits per heavy atom. The number of hydrogen-bond donors (Lipinski definition) is 2. The zero-order valence-electron chi connectivity index (χ0n) is 12.4. The molecule has 1 aromatic heterocycles. The van der Waals surface area contributed by atoms with Crippen LogP contribution in [0.4, 0.5) is 5.69 Å². The molecule has 1 unspecified atom stereocenters. The Labute approximate surface area is 129 Å². The summed E-state index contributed by atoms with van der Waals surface area (Å²) in [7, 11) is 1.89. The first kappa shape index (κ1) is 14.4. The standard InChI is InChI=1S/C17H19N3O2/c1-20-16-8-5-9-17(15(16)11-19-20)22-12-14(21)10-18-13-6-3-2-4-7-13/h2-9,11,14,18,21H,10,12H2,1H3. The number of aliphatic hydroxyl groups excluding tert-OH is 1. The van der Waals surface area contributed by atoms with Crippen LogP contribution < -0.4 is 10.1 Å². The maximum absolute atomic E-state index is 10.0. The van der Waals surface area contributed by atoms with Gasteiger partial charge < -0.3 is 15.2 Å². The van der Waals surface area contributed by atoms with Crippen LogP contribution in [0.3, 0.4) is 0 Å². The molecule has 0 bridgehead atoms. The van der Waals surface area contributed by atoms with E-state index in [1.807, 2.05) is 55.6 Å². The van der Waals surface area contributed by atoms with Crippen molar-refractivity contribution >= 4 is 16.6 Å². The first-order valence-corrected chi connectivity index (χ1v) is 7.24. The molecule has 0 aliphatic carbocycles. The predicted octanol–water partition coefficient (Wildman–Crippen LogP) is 2.43. The van der Waals surface area contributed by atoms with E-state index in [0.717, 1.165) is 22.3 Å². The molecule has 114 valence electrons. The number of aryl methyl sites for hydroxylation is 1. The molecule has 0 amide bonds. The van der Waals surface area contributed by atoms with Crippen molar-refractivity contribution in [2.45, 2.75) is 6.10 Å². The minimum atomic E-state index is -0.591. The molecule has 0 saturated heterocycles. The van der Waals surface area contributed by atoms with E-state index < -0.39 is 6.10 Å². The van der Waals surface area contributed by atoms with Crippen molar-refractivity contribution in [3.8, 4) is 5.75 Å². The molecule has 0 fully saturated rings. The van der Waals surface area contributed by atoms with Gasteiger partial charge in [0.2, 0.25) is 0 Å². The van der Waals surface area contributed by atoms with E-state index in [-0.39, 0.29) is 6.61 Å². The molecule has 3 aromatic rings. The Balaban J connectivity index is 1.57. The Kier molecular flexibility index (Phi) is 4.25. The molecule has 1 heterocycles. The van der Waals surface area contributed by atoms with Crippen LogP contribution in [-0.2, 0) is 7.05 Å². The first-order chi connectivity index (χ1) is 10.7. The van der Waals surface area contributed by atoms with Gasteiger partial charge in [0, 0.05) is 19.3 Å². The third-order valence-corrected chi connectivity index (χ3v) is 3.50. The van der Waals surface area contributed by atoms with Crippen LogP contribution in [0.2, 0.25) is 0 Å². The maximum atomic E-state index is 10.0. The number of rotatable bonds is 6. The summed E-state index contributed by atoms with van der Waals surface area (Å²) < 4.78 is 7.54. The molecule has 0 spiro atoms. The van der Waals surface area contributed by atoms with Crippen LogP contribution >= 0.6 is 0 Å². The molecule has 1 atom stereocenters. The second-order valence-corrected chi connectivity index (χ2v) is 5.17. The third kappa shape index (κ3) is 3.20. The second-order valence-electron chi connectivity index (χ2n) is 5.17. The second kappa shape index (κ2) is 6.49. The normalized spacial score (nSPS) is 12.3. The van der Waals surface area contributed by atoms with Crippen molar-refractivity contribution in [3.63, 3.8) is 0 Å². The van der Waals surface area contributed by atoms with Crippen molar-refractivity contribution in [3.05, 3.63) is 54.7 Å². The first-order valence-electron chi connectivity index (χ1n) is 7.24. The summed E-state index contributed by atoms with van der Waals surface area (Å²) in [5.74, 6) is 0.740. The number of fused-ring (bicyclic) bond motifs is 1. The summed E-state index contributed by atoms with van der Waals surface area (Å²) in [6.07, 6.45) is 1.19. The van der Waals surface area contributed by atoms with Crippen LogP contribution in [-0.4, -0.2) is 34.1 Å². The molecule has 3 rings (SSSR count). The van der Waals surface area contributed by atoms with E-state index in [9.17, 15) is 5.11 Å². The number of para-hydroxylation sites is 1. The number of benzene rings is 2.